The minimum Gasteiger partial charge on any atom is -0.373 e. The predicted octanol–water partition coefficient (Wildman–Crippen LogP) is 1.05. The van der Waals surface area contributed by atoms with Crippen molar-refractivity contribution in [2.45, 2.75) is 19.9 Å². The lowest BCUT2D eigenvalue weighted by Gasteiger charge is -2.20. The molecular weight excluding hydrogens is 204 g/mol. The van der Waals surface area contributed by atoms with E-state index < -0.39 is 0 Å². The predicted molar refractivity (Wildman–Crippen MR) is 65.2 cm³/mol. The van der Waals surface area contributed by atoms with Crippen LogP contribution in [0.4, 0.5) is 11.5 Å². The van der Waals surface area contributed by atoms with E-state index in [9.17, 15) is 4.79 Å². The summed E-state index contributed by atoms with van der Waals surface area (Å²) in [5.41, 5.74) is 6.15. The van der Waals surface area contributed by atoms with E-state index in [-0.39, 0.29) is 17.9 Å². The summed E-state index contributed by atoms with van der Waals surface area (Å²) in [4.78, 5) is 15.3. The van der Waals surface area contributed by atoms with Gasteiger partial charge in [0.2, 0.25) is 5.91 Å². The number of nitrogens with two attached hydrogens (primary N) is 1. The Morgan fingerprint density at radius 1 is 1.50 bits per heavy atom. The molecule has 0 radical (unpaired) electrons. The molecule has 1 unspecified atom stereocenters. The summed E-state index contributed by atoms with van der Waals surface area (Å²) in [6.07, 6.45) is 1.67. The molecule has 1 aromatic rings. The minimum absolute atomic E-state index is 0.142. The largest absolute Gasteiger partial charge is 0.373 e. The molecule has 5 heteroatoms. The third-order valence-electron chi connectivity index (χ3n) is 2.31. The lowest BCUT2D eigenvalue weighted by molar-refractivity contribution is -0.119. The van der Waals surface area contributed by atoms with Crippen molar-refractivity contribution < 1.29 is 4.79 Å². The highest BCUT2D eigenvalue weighted by molar-refractivity contribution is 5.83. The van der Waals surface area contributed by atoms with Crippen molar-refractivity contribution in [1.82, 2.24) is 4.98 Å². The van der Waals surface area contributed by atoms with Crippen LogP contribution >= 0.6 is 0 Å². The highest BCUT2D eigenvalue weighted by atomic mass is 16.1. The molecule has 0 saturated carbocycles. The summed E-state index contributed by atoms with van der Waals surface area (Å²) in [6, 6.07) is 3.27. The van der Waals surface area contributed by atoms with Gasteiger partial charge in [-0.3, -0.25) is 4.79 Å². The smallest absolute Gasteiger partial charge is 0.240 e. The molecule has 1 atom stereocenters. The monoisotopic (exact) mass is 222 g/mol. The third-order valence-corrected chi connectivity index (χ3v) is 2.31. The number of amides is 1. The second-order valence-electron chi connectivity index (χ2n) is 3.95. The van der Waals surface area contributed by atoms with Crippen molar-refractivity contribution in [3.8, 4) is 0 Å². The number of primary amides is 1. The number of carbonyl (C=O) groups excluding carboxylic acids is 1. The van der Waals surface area contributed by atoms with Crippen molar-refractivity contribution >= 4 is 17.4 Å². The molecule has 1 heterocycles. The fourth-order valence-electron chi connectivity index (χ4n) is 1.40. The van der Waals surface area contributed by atoms with Crippen LogP contribution in [0.3, 0.4) is 0 Å². The van der Waals surface area contributed by atoms with Crippen LogP contribution in [0, 0.1) is 5.92 Å². The standard InChI is InChI=1S/C11H18N4O/c1-7(2)10(11(12)16)15-8-4-5-14-9(6-8)13-3/h4-7,10H,1-3H3,(H2,12,16)(H2,13,14,15). The molecule has 0 saturated heterocycles. The molecule has 0 aliphatic heterocycles. The summed E-state index contributed by atoms with van der Waals surface area (Å²) in [5, 5.41) is 6.03. The first-order chi connectivity index (χ1) is 7.54. The lowest BCUT2D eigenvalue weighted by atomic mass is 10.0. The number of nitrogens with zero attached hydrogens (tertiary/aromatic N) is 1. The van der Waals surface area contributed by atoms with Crippen molar-refractivity contribution in [2.24, 2.45) is 11.7 Å². The number of nitrogens with one attached hydrogen (secondary N) is 2. The van der Waals surface area contributed by atoms with Gasteiger partial charge >= 0.3 is 0 Å². The van der Waals surface area contributed by atoms with Crippen molar-refractivity contribution in [2.75, 3.05) is 17.7 Å². The topological polar surface area (TPSA) is 80.0 Å². The number of carbonyl (C=O) groups is 1. The van der Waals surface area contributed by atoms with Gasteiger partial charge in [0.1, 0.15) is 11.9 Å². The van der Waals surface area contributed by atoms with E-state index in [0.717, 1.165) is 11.5 Å². The molecule has 16 heavy (non-hydrogen) atoms. The zero-order valence-corrected chi connectivity index (χ0v) is 9.82. The van der Waals surface area contributed by atoms with Gasteiger partial charge in [0.15, 0.2) is 0 Å². The highest BCUT2D eigenvalue weighted by Gasteiger charge is 2.18. The average molecular weight is 222 g/mol. The number of anilines is 2. The first kappa shape index (κ1) is 12.3. The van der Waals surface area contributed by atoms with E-state index in [1.807, 2.05) is 19.9 Å². The maximum atomic E-state index is 11.2. The van der Waals surface area contributed by atoms with Gasteiger partial charge in [-0.15, -0.1) is 0 Å². The molecule has 0 spiro atoms. The van der Waals surface area contributed by atoms with Crippen LogP contribution in [0.2, 0.25) is 0 Å². The Labute approximate surface area is 95.4 Å². The highest BCUT2D eigenvalue weighted by Crippen LogP contribution is 2.15. The van der Waals surface area contributed by atoms with Crippen molar-refractivity contribution in [3.63, 3.8) is 0 Å². The van der Waals surface area contributed by atoms with Gasteiger partial charge in [0.25, 0.3) is 0 Å². The Morgan fingerprint density at radius 3 is 2.69 bits per heavy atom. The molecule has 88 valence electrons. The molecule has 0 aliphatic carbocycles. The van der Waals surface area contributed by atoms with Gasteiger partial charge in [-0.25, -0.2) is 4.98 Å². The van der Waals surface area contributed by atoms with E-state index in [1.165, 1.54) is 0 Å². The zero-order chi connectivity index (χ0) is 12.1. The quantitative estimate of drug-likeness (QED) is 0.695. The lowest BCUT2D eigenvalue weighted by Crippen LogP contribution is -2.39. The second-order valence-corrected chi connectivity index (χ2v) is 3.95. The van der Waals surface area contributed by atoms with Crippen LogP contribution in [-0.2, 0) is 4.79 Å². The maximum Gasteiger partial charge on any atom is 0.240 e. The van der Waals surface area contributed by atoms with E-state index in [1.54, 1.807) is 19.3 Å². The molecule has 0 aromatic carbocycles. The van der Waals surface area contributed by atoms with Crippen LogP contribution in [0.15, 0.2) is 18.3 Å². The summed E-state index contributed by atoms with van der Waals surface area (Å²) < 4.78 is 0. The maximum absolute atomic E-state index is 11.2. The van der Waals surface area contributed by atoms with Gasteiger partial charge < -0.3 is 16.4 Å². The van der Waals surface area contributed by atoms with E-state index in [0.29, 0.717) is 0 Å². The van der Waals surface area contributed by atoms with Crippen LogP contribution in [0.5, 0.6) is 0 Å². The van der Waals surface area contributed by atoms with E-state index >= 15 is 0 Å². The average Bonchev–Trinajstić information content (AvgIpc) is 2.25. The van der Waals surface area contributed by atoms with E-state index in [4.69, 9.17) is 5.73 Å². The first-order valence-electron chi connectivity index (χ1n) is 5.24. The SMILES string of the molecule is CNc1cc(NC(C(N)=O)C(C)C)ccn1. The van der Waals surface area contributed by atoms with Crippen LogP contribution in [-0.4, -0.2) is 24.0 Å². The summed E-state index contributed by atoms with van der Waals surface area (Å²) >= 11 is 0. The Hall–Kier alpha value is -1.78. The number of pyridine rings is 1. The molecular formula is C11H18N4O. The van der Waals surface area contributed by atoms with Crippen LogP contribution in [0.25, 0.3) is 0 Å². The van der Waals surface area contributed by atoms with Gasteiger partial charge in [0, 0.05) is 25.0 Å². The molecule has 4 N–H and O–H groups in total. The van der Waals surface area contributed by atoms with Crippen molar-refractivity contribution in [3.05, 3.63) is 18.3 Å². The van der Waals surface area contributed by atoms with Crippen molar-refractivity contribution in [1.29, 1.82) is 0 Å². The molecule has 1 rings (SSSR count). The number of rotatable bonds is 5. The van der Waals surface area contributed by atoms with Crippen LogP contribution in [0.1, 0.15) is 13.8 Å². The molecule has 0 fully saturated rings. The van der Waals surface area contributed by atoms with Crippen LogP contribution < -0.4 is 16.4 Å². The zero-order valence-electron chi connectivity index (χ0n) is 9.82. The Balaban J connectivity index is 2.81. The summed E-state index contributed by atoms with van der Waals surface area (Å²) in [5.74, 6) is 0.540. The first-order valence-corrected chi connectivity index (χ1v) is 5.24. The van der Waals surface area contributed by atoms with Gasteiger partial charge in [-0.05, 0) is 12.0 Å². The molecule has 0 aliphatic rings. The van der Waals surface area contributed by atoms with Gasteiger partial charge in [-0.1, -0.05) is 13.8 Å². The summed E-state index contributed by atoms with van der Waals surface area (Å²) in [7, 11) is 1.79. The Morgan fingerprint density at radius 2 is 2.19 bits per heavy atom. The third kappa shape index (κ3) is 3.12. The normalized spacial score (nSPS) is 12.2. The van der Waals surface area contributed by atoms with Gasteiger partial charge in [-0.2, -0.15) is 0 Å². The Kier molecular flexibility index (Phi) is 4.10. The second kappa shape index (κ2) is 5.34. The Bertz CT molecular complexity index is 365. The number of hydrogen-bond acceptors (Lipinski definition) is 4. The number of aromatic nitrogens is 1. The van der Waals surface area contributed by atoms with E-state index in [2.05, 4.69) is 15.6 Å². The fraction of sp³-hybridized carbons (Fsp3) is 0.455. The molecule has 0 bridgehead atoms. The summed E-state index contributed by atoms with van der Waals surface area (Å²) in [6.45, 7) is 3.89. The fourth-order valence-corrected chi connectivity index (χ4v) is 1.40. The molecule has 1 aromatic heterocycles. The minimum atomic E-state index is -0.368. The number of hydrogen-bond donors (Lipinski definition) is 3. The van der Waals surface area contributed by atoms with Gasteiger partial charge in [0.05, 0.1) is 0 Å². The molecule has 5 nitrogen and oxygen atoms in total. The molecule has 1 amide bonds.